The van der Waals surface area contributed by atoms with Gasteiger partial charge in [-0.05, 0) is 49.4 Å². The van der Waals surface area contributed by atoms with E-state index in [0.29, 0.717) is 55.1 Å². The fourth-order valence-corrected chi connectivity index (χ4v) is 4.08. The van der Waals surface area contributed by atoms with Crippen LogP contribution in [0.3, 0.4) is 0 Å². The zero-order chi connectivity index (χ0) is 23.6. The van der Waals surface area contributed by atoms with Gasteiger partial charge in [0, 0.05) is 25.2 Å². The lowest BCUT2D eigenvalue weighted by Gasteiger charge is -2.33. The Labute approximate surface area is 191 Å². The van der Waals surface area contributed by atoms with Gasteiger partial charge in [-0.15, -0.1) is 0 Å². The monoisotopic (exact) mass is 463 g/mol. The Morgan fingerprint density at radius 1 is 1.15 bits per heavy atom. The Bertz CT molecular complexity index is 1000. The fraction of sp³-hybridized carbons (Fsp3) is 0.500. The molecule has 1 atom stereocenters. The maximum absolute atomic E-state index is 13.3. The van der Waals surface area contributed by atoms with Crippen LogP contribution in [0.4, 0.5) is 19.0 Å². The second-order valence-electron chi connectivity index (χ2n) is 8.69. The molecule has 2 aliphatic rings. The molecule has 3 heterocycles. The number of benzene rings is 1. The number of carbonyl (C=O) groups excluding carboxylic acids is 1. The zero-order valence-corrected chi connectivity index (χ0v) is 18.7. The van der Waals surface area contributed by atoms with Crippen LogP contribution in [0, 0.1) is 5.92 Å². The number of piperidine rings is 1. The molecule has 4 rings (SSSR count). The second-order valence-corrected chi connectivity index (χ2v) is 8.69. The highest BCUT2D eigenvalue weighted by atomic mass is 19.4. The minimum Gasteiger partial charge on any atom is -0.486 e. The van der Waals surface area contributed by atoms with Gasteiger partial charge in [0.2, 0.25) is 5.91 Å². The number of anilines is 1. The van der Waals surface area contributed by atoms with E-state index in [0.717, 1.165) is 24.5 Å². The smallest absolute Gasteiger partial charge is 0.433 e. The Hall–Kier alpha value is -2.97. The molecule has 0 radical (unpaired) electrons. The van der Waals surface area contributed by atoms with Crippen LogP contribution in [-0.2, 0) is 17.5 Å². The first-order valence-electron chi connectivity index (χ1n) is 11.2. The third kappa shape index (κ3) is 5.34. The maximum Gasteiger partial charge on any atom is 0.433 e. The van der Waals surface area contributed by atoms with E-state index in [2.05, 4.69) is 17.2 Å². The molecule has 1 saturated heterocycles. The lowest BCUT2D eigenvalue weighted by molar-refractivity contribution is -0.141. The quantitative estimate of drug-likeness (QED) is 0.706. The Morgan fingerprint density at radius 2 is 1.85 bits per heavy atom. The van der Waals surface area contributed by atoms with E-state index >= 15 is 0 Å². The summed E-state index contributed by atoms with van der Waals surface area (Å²) in [5, 5.41) is 2.86. The van der Waals surface area contributed by atoms with Gasteiger partial charge in [0.15, 0.2) is 11.5 Å². The van der Waals surface area contributed by atoms with Crippen LogP contribution in [-0.4, -0.2) is 37.2 Å². The van der Waals surface area contributed by atoms with Crippen molar-refractivity contribution < 1.29 is 27.4 Å². The van der Waals surface area contributed by atoms with Gasteiger partial charge in [0.1, 0.15) is 24.7 Å². The van der Waals surface area contributed by atoms with Crippen molar-refractivity contribution in [3.8, 4) is 11.5 Å². The number of ether oxygens (including phenoxy) is 2. The van der Waals surface area contributed by atoms with Gasteiger partial charge in [-0.25, -0.2) is 4.98 Å². The maximum atomic E-state index is 13.3. The number of nitrogens with zero attached hydrogens (tertiary/aromatic N) is 2. The van der Waals surface area contributed by atoms with Crippen molar-refractivity contribution in [3.63, 3.8) is 0 Å². The van der Waals surface area contributed by atoms with Crippen molar-refractivity contribution in [2.24, 2.45) is 5.92 Å². The number of rotatable bonds is 5. The third-order valence-corrected chi connectivity index (χ3v) is 6.24. The van der Waals surface area contributed by atoms with Gasteiger partial charge in [-0.2, -0.15) is 13.2 Å². The van der Waals surface area contributed by atoms with Crippen molar-refractivity contribution in [2.75, 3.05) is 31.2 Å². The number of nitrogens with one attached hydrogen (secondary N) is 1. The molecule has 1 aromatic carbocycles. The van der Waals surface area contributed by atoms with E-state index in [1.807, 2.05) is 11.0 Å². The number of alkyl halides is 3. The number of aromatic nitrogens is 1. The second kappa shape index (κ2) is 9.49. The highest BCUT2D eigenvalue weighted by molar-refractivity contribution is 5.83. The van der Waals surface area contributed by atoms with E-state index < -0.39 is 17.8 Å². The summed E-state index contributed by atoms with van der Waals surface area (Å²) in [5.41, 5.74) is 0.420. The standard InChI is InChI=1S/C24H28F3N3O3/c1-15-7-9-30(10-8-15)22-18(4-6-21(29-22)24(25,26)27)14-28-23(31)16(2)17-3-5-19-20(13-17)33-12-11-32-19/h3-6,13,15-16H,7-12,14H2,1-2H3,(H,28,31). The van der Waals surface area contributed by atoms with Crippen molar-refractivity contribution in [1.29, 1.82) is 0 Å². The molecule has 1 fully saturated rings. The summed E-state index contributed by atoms with van der Waals surface area (Å²) in [6.07, 6.45) is -2.73. The Morgan fingerprint density at radius 3 is 2.55 bits per heavy atom. The molecule has 0 spiro atoms. The molecule has 2 aromatic rings. The average Bonchev–Trinajstić information content (AvgIpc) is 2.81. The van der Waals surface area contributed by atoms with Gasteiger partial charge < -0.3 is 19.7 Å². The number of hydrogen-bond donors (Lipinski definition) is 1. The summed E-state index contributed by atoms with van der Waals surface area (Å²) in [7, 11) is 0. The summed E-state index contributed by atoms with van der Waals surface area (Å²) in [6.45, 7) is 6.24. The molecule has 9 heteroatoms. The summed E-state index contributed by atoms with van der Waals surface area (Å²) < 4.78 is 51.0. The average molecular weight is 464 g/mol. The third-order valence-electron chi connectivity index (χ3n) is 6.24. The van der Waals surface area contributed by atoms with Crippen molar-refractivity contribution >= 4 is 11.7 Å². The highest BCUT2D eigenvalue weighted by Gasteiger charge is 2.34. The fourth-order valence-electron chi connectivity index (χ4n) is 4.08. The van der Waals surface area contributed by atoms with Crippen molar-refractivity contribution in [1.82, 2.24) is 10.3 Å². The van der Waals surface area contributed by atoms with Crippen LogP contribution in [0.1, 0.15) is 49.4 Å². The van der Waals surface area contributed by atoms with E-state index in [9.17, 15) is 18.0 Å². The van der Waals surface area contributed by atoms with Crippen LogP contribution in [0.15, 0.2) is 30.3 Å². The molecule has 1 amide bonds. The zero-order valence-electron chi connectivity index (χ0n) is 18.7. The van der Waals surface area contributed by atoms with Crippen molar-refractivity contribution in [2.45, 2.75) is 45.3 Å². The van der Waals surface area contributed by atoms with Crippen molar-refractivity contribution in [3.05, 3.63) is 47.2 Å². The first kappa shape index (κ1) is 23.2. The summed E-state index contributed by atoms with van der Waals surface area (Å²) in [5.74, 6) is 1.37. The molecular formula is C24H28F3N3O3. The normalized spacial score (nSPS) is 17.5. The summed E-state index contributed by atoms with van der Waals surface area (Å²) >= 11 is 0. The van der Waals surface area contributed by atoms with Crippen LogP contribution in [0.2, 0.25) is 0 Å². The molecule has 178 valence electrons. The summed E-state index contributed by atoms with van der Waals surface area (Å²) in [6, 6.07) is 7.78. The predicted molar refractivity (Wildman–Crippen MR) is 118 cm³/mol. The van der Waals surface area contributed by atoms with Gasteiger partial charge in [0.25, 0.3) is 0 Å². The predicted octanol–water partition coefficient (Wildman–Crippen LogP) is 4.53. The van der Waals surface area contributed by atoms with E-state index in [1.54, 1.807) is 19.1 Å². The number of fused-ring (bicyclic) bond motifs is 1. The Balaban J connectivity index is 1.49. The molecule has 33 heavy (non-hydrogen) atoms. The van der Waals surface area contributed by atoms with Crippen LogP contribution >= 0.6 is 0 Å². The van der Waals surface area contributed by atoms with Gasteiger partial charge >= 0.3 is 6.18 Å². The molecule has 0 aliphatic carbocycles. The van der Waals surface area contributed by atoms with Gasteiger partial charge in [0.05, 0.1) is 5.92 Å². The minimum absolute atomic E-state index is 0.0975. The molecule has 1 aromatic heterocycles. The molecule has 0 bridgehead atoms. The van der Waals surface area contributed by atoms with E-state index in [4.69, 9.17) is 9.47 Å². The lowest BCUT2D eigenvalue weighted by Crippen LogP contribution is -2.35. The first-order valence-corrected chi connectivity index (χ1v) is 11.2. The number of carbonyl (C=O) groups is 1. The van der Waals surface area contributed by atoms with Gasteiger partial charge in [-0.1, -0.05) is 19.1 Å². The molecule has 6 nitrogen and oxygen atoms in total. The van der Waals surface area contributed by atoms with Gasteiger partial charge in [-0.3, -0.25) is 4.79 Å². The van der Waals surface area contributed by atoms with Crippen LogP contribution in [0.5, 0.6) is 11.5 Å². The number of amides is 1. The molecule has 1 unspecified atom stereocenters. The largest absolute Gasteiger partial charge is 0.486 e. The number of halogens is 3. The van der Waals surface area contributed by atoms with E-state index in [-0.39, 0.29) is 12.5 Å². The van der Waals surface area contributed by atoms with Crippen LogP contribution in [0.25, 0.3) is 0 Å². The molecule has 1 N–H and O–H groups in total. The van der Waals surface area contributed by atoms with Crippen LogP contribution < -0.4 is 19.7 Å². The minimum atomic E-state index is -4.52. The topological polar surface area (TPSA) is 63.7 Å². The number of pyridine rings is 1. The first-order chi connectivity index (χ1) is 15.7. The highest BCUT2D eigenvalue weighted by Crippen LogP contribution is 2.34. The number of hydrogen-bond acceptors (Lipinski definition) is 5. The molecular weight excluding hydrogens is 435 g/mol. The Kier molecular flexibility index (Phi) is 6.67. The molecule has 2 aliphatic heterocycles. The molecule has 0 saturated carbocycles. The summed E-state index contributed by atoms with van der Waals surface area (Å²) in [4.78, 5) is 18.7. The SMILES string of the molecule is CC1CCN(c2nc(C(F)(F)F)ccc2CNC(=O)C(C)c2ccc3c(c2)OCCO3)CC1. The lowest BCUT2D eigenvalue weighted by atomic mass is 9.98. The van der Waals surface area contributed by atoms with E-state index in [1.165, 1.54) is 6.07 Å².